The molecule has 0 radical (unpaired) electrons. The highest BCUT2D eigenvalue weighted by Gasteiger charge is 2.08. The second-order valence-corrected chi connectivity index (χ2v) is 4.49. The van der Waals surface area contributed by atoms with Gasteiger partial charge in [0, 0.05) is 10.6 Å². The molecule has 18 heavy (non-hydrogen) atoms. The molecule has 0 aliphatic heterocycles. The number of amides is 1. The molecule has 1 amide bonds. The van der Waals surface area contributed by atoms with Crippen LogP contribution in [0.15, 0.2) is 42.5 Å². The van der Waals surface area contributed by atoms with Crippen LogP contribution >= 0.6 is 11.6 Å². The minimum absolute atomic E-state index is 0.205. The summed E-state index contributed by atoms with van der Waals surface area (Å²) < 4.78 is 0. The van der Waals surface area contributed by atoms with E-state index in [9.17, 15) is 4.79 Å². The van der Waals surface area contributed by atoms with Gasteiger partial charge in [-0.2, -0.15) is 0 Å². The van der Waals surface area contributed by atoms with Crippen molar-refractivity contribution < 1.29 is 4.79 Å². The van der Waals surface area contributed by atoms with Gasteiger partial charge in [-0.1, -0.05) is 29.3 Å². The van der Waals surface area contributed by atoms with E-state index >= 15 is 0 Å². The van der Waals surface area contributed by atoms with Gasteiger partial charge in [-0.3, -0.25) is 4.79 Å². The molecule has 2 aromatic rings. The van der Waals surface area contributed by atoms with Gasteiger partial charge in [-0.15, -0.1) is 0 Å². The van der Waals surface area contributed by atoms with Crippen LogP contribution in [0.25, 0.3) is 0 Å². The van der Waals surface area contributed by atoms with Crippen molar-refractivity contribution in [2.75, 3.05) is 11.1 Å². The molecule has 0 unspecified atom stereocenters. The molecule has 0 aromatic heterocycles. The van der Waals surface area contributed by atoms with Gasteiger partial charge in [-0.25, -0.2) is 0 Å². The van der Waals surface area contributed by atoms with E-state index in [4.69, 9.17) is 17.3 Å². The largest absolute Gasteiger partial charge is 0.397 e. The number of nitrogens with one attached hydrogen (secondary N) is 1. The molecule has 3 nitrogen and oxygen atoms in total. The highest BCUT2D eigenvalue weighted by Crippen LogP contribution is 2.23. The van der Waals surface area contributed by atoms with Gasteiger partial charge in [0.1, 0.15) is 0 Å². The Labute approximate surface area is 111 Å². The summed E-state index contributed by atoms with van der Waals surface area (Å²) in [6, 6.07) is 12.3. The third-order valence-corrected chi connectivity index (χ3v) is 2.81. The molecule has 0 spiro atoms. The average molecular weight is 261 g/mol. The maximum atomic E-state index is 12.0. The quantitative estimate of drug-likeness (QED) is 0.812. The second-order valence-electron chi connectivity index (χ2n) is 4.05. The number of nitrogen functional groups attached to an aromatic ring is 1. The highest BCUT2D eigenvalue weighted by molar-refractivity contribution is 6.31. The first-order valence-electron chi connectivity index (χ1n) is 5.49. The van der Waals surface area contributed by atoms with Gasteiger partial charge in [0.15, 0.2) is 0 Å². The van der Waals surface area contributed by atoms with Crippen LogP contribution < -0.4 is 11.1 Å². The molecule has 0 fully saturated rings. The summed E-state index contributed by atoms with van der Waals surface area (Å²) in [5.74, 6) is -0.205. The Hall–Kier alpha value is -2.00. The van der Waals surface area contributed by atoms with E-state index in [-0.39, 0.29) is 5.91 Å². The molecule has 0 heterocycles. The molecule has 2 rings (SSSR count). The summed E-state index contributed by atoms with van der Waals surface area (Å²) in [6.45, 7) is 1.97. The van der Waals surface area contributed by atoms with Crippen molar-refractivity contribution in [2.24, 2.45) is 0 Å². The molecular weight excluding hydrogens is 248 g/mol. The van der Waals surface area contributed by atoms with Crippen molar-refractivity contribution in [3.05, 3.63) is 58.6 Å². The summed E-state index contributed by atoms with van der Waals surface area (Å²) in [6.07, 6.45) is 0. The smallest absolute Gasteiger partial charge is 0.255 e. The minimum Gasteiger partial charge on any atom is -0.397 e. The molecule has 0 aliphatic rings. The van der Waals surface area contributed by atoms with Crippen LogP contribution in [0.2, 0.25) is 5.02 Å². The zero-order valence-electron chi connectivity index (χ0n) is 9.91. The average Bonchev–Trinajstić information content (AvgIpc) is 2.34. The number of rotatable bonds is 2. The lowest BCUT2D eigenvalue weighted by molar-refractivity contribution is 0.102. The number of hydrogen-bond acceptors (Lipinski definition) is 2. The molecule has 0 saturated heterocycles. The minimum atomic E-state index is -0.205. The molecule has 3 N–H and O–H groups in total. The van der Waals surface area contributed by atoms with Crippen LogP contribution in [0.4, 0.5) is 11.4 Å². The summed E-state index contributed by atoms with van der Waals surface area (Å²) >= 11 is 5.86. The van der Waals surface area contributed by atoms with Crippen molar-refractivity contribution in [1.82, 2.24) is 0 Å². The van der Waals surface area contributed by atoms with Crippen molar-refractivity contribution in [3.63, 3.8) is 0 Å². The molecule has 92 valence electrons. The molecule has 0 saturated carbocycles. The van der Waals surface area contributed by atoms with Gasteiger partial charge in [0.25, 0.3) is 5.91 Å². The fourth-order valence-electron chi connectivity index (χ4n) is 1.54. The monoisotopic (exact) mass is 260 g/mol. The van der Waals surface area contributed by atoms with Crippen molar-refractivity contribution in [2.45, 2.75) is 6.92 Å². The van der Waals surface area contributed by atoms with Crippen molar-refractivity contribution in [1.29, 1.82) is 0 Å². The number of carbonyl (C=O) groups excluding carboxylic acids is 1. The zero-order chi connectivity index (χ0) is 13.1. The maximum absolute atomic E-state index is 12.0. The van der Waals surface area contributed by atoms with Gasteiger partial charge in [0.05, 0.1) is 11.4 Å². The van der Waals surface area contributed by atoms with Crippen LogP contribution in [0.1, 0.15) is 15.9 Å². The Morgan fingerprint density at radius 1 is 1.17 bits per heavy atom. The highest BCUT2D eigenvalue weighted by atomic mass is 35.5. The molecule has 4 heteroatoms. The molecule has 0 bridgehead atoms. The maximum Gasteiger partial charge on any atom is 0.255 e. The Morgan fingerprint density at radius 2 is 1.83 bits per heavy atom. The van der Waals surface area contributed by atoms with E-state index in [1.54, 1.807) is 30.3 Å². The number of anilines is 2. The lowest BCUT2D eigenvalue weighted by Crippen LogP contribution is -2.13. The van der Waals surface area contributed by atoms with E-state index in [2.05, 4.69) is 5.32 Å². The number of aryl methyl sites for hydroxylation is 1. The van der Waals surface area contributed by atoms with Crippen LogP contribution in [-0.4, -0.2) is 5.91 Å². The van der Waals surface area contributed by atoms with E-state index in [0.29, 0.717) is 22.0 Å². The fourth-order valence-corrected chi connectivity index (χ4v) is 1.71. The van der Waals surface area contributed by atoms with Crippen LogP contribution in [-0.2, 0) is 0 Å². The summed E-state index contributed by atoms with van der Waals surface area (Å²) in [7, 11) is 0. The lowest BCUT2D eigenvalue weighted by atomic mass is 10.1. The topological polar surface area (TPSA) is 55.1 Å². The third-order valence-electron chi connectivity index (χ3n) is 2.58. The molecular formula is C14H13ClN2O. The molecule has 2 aromatic carbocycles. The first-order chi connectivity index (χ1) is 8.56. The van der Waals surface area contributed by atoms with E-state index < -0.39 is 0 Å². The van der Waals surface area contributed by atoms with Crippen LogP contribution in [0.5, 0.6) is 0 Å². The number of nitrogens with two attached hydrogens (primary N) is 1. The lowest BCUT2D eigenvalue weighted by Gasteiger charge is -2.08. The van der Waals surface area contributed by atoms with Crippen molar-refractivity contribution in [3.8, 4) is 0 Å². The Balaban J connectivity index is 2.21. The number of hydrogen-bond donors (Lipinski definition) is 2. The fraction of sp³-hybridized carbons (Fsp3) is 0.0714. The van der Waals surface area contributed by atoms with E-state index in [1.165, 1.54) is 0 Å². The number of benzene rings is 2. The molecule has 0 aliphatic carbocycles. The normalized spacial score (nSPS) is 10.1. The predicted molar refractivity (Wildman–Crippen MR) is 75.0 cm³/mol. The summed E-state index contributed by atoms with van der Waals surface area (Å²) in [4.78, 5) is 12.0. The number of carbonyl (C=O) groups is 1. The van der Waals surface area contributed by atoms with E-state index in [1.807, 2.05) is 19.1 Å². The van der Waals surface area contributed by atoms with Gasteiger partial charge >= 0.3 is 0 Å². The Kier molecular flexibility index (Phi) is 3.53. The first-order valence-corrected chi connectivity index (χ1v) is 5.87. The number of halogens is 1. The predicted octanol–water partition coefficient (Wildman–Crippen LogP) is 3.48. The van der Waals surface area contributed by atoms with E-state index in [0.717, 1.165) is 5.56 Å². The first kappa shape index (κ1) is 12.5. The second kappa shape index (κ2) is 5.10. The SMILES string of the molecule is Cc1ccc(C(=O)Nc2cc(Cl)ccc2N)cc1. The zero-order valence-corrected chi connectivity index (χ0v) is 10.7. The molecule has 0 atom stereocenters. The van der Waals surface area contributed by atoms with Gasteiger partial charge < -0.3 is 11.1 Å². The summed E-state index contributed by atoms with van der Waals surface area (Å²) in [5, 5.41) is 3.27. The standard InChI is InChI=1S/C14H13ClN2O/c1-9-2-4-10(5-3-9)14(18)17-13-8-11(15)6-7-12(13)16/h2-8H,16H2,1H3,(H,17,18). The third kappa shape index (κ3) is 2.81. The van der Waals surface area contributed by atoms with Gasteiger partial charge in [-0.05, 0) is 37.3 Å². The van der Waals surface area contributed by atoms with Crippen LogP contribution in [0, 0.1) is 6.92 Å². The Bertz CT molecular complexity index is 579. The van der Waals surface area contributed by atoms with Crippen molar-refractivity contribution >= 4 is 28.9 Å². The summed E-state index contributed by atoms with van der Waals surface area (Å²) in [5.41, 5.74) is 8.46. The van der Waals surface area contributed by atoms with Crippen LogP contribution in [0.3, 0.4) is 0 Å². The van der Waals surface area contributed by atoms with Gasteiger partial charge in [0.2, 0.25) is 0 Å². The Morgan fingerprint density at radius 3 is 2.50 bits per heavy atom.